The number of carbonyl (C=O) groups is 2. The van der Waals surface area contributed by atoms with Crippen molar-refractivity contribution in [2.24, 2.45) is 0 Å². The Morgan fingerprint density at radius 2 is 1.70 bits per heavy atom. The highest BCUT2D eigenvalue weighted by Crippen LogP contribution is 2.36. The van der Waals surface area contributed by atoms with E-state index in [9.17, 15) is 22.8 Å². The van der Waals surface area contributed by atoms with Crippen LogP contribution in [0, 0.1) is 11.8 Å². The van der Waals surface area contributed by atoms with Gasteiger partial charge in [-0.2, -0.15) is 13.2 Å². The number of aromatic nitrogens is 1. The van der Waals surface area contributed by atoms with Gasteiger partial charge in [0.2, 0.25) is 0 Å². The lowest BCUT2D eigenvalue weighted by Crippen LogP contribution is -2.17. The van der Waals surface area contributed by atoms with E-state index in [0.29, 0.717) is 30.8 Å². The molecule has 12 heteroatoms. The molecule has 46 heavy (non-hydrogen) atoms. The summed E-state index contributed by atoms with van der Waals surface area (Å²) in [5.41, 5.74) is 0.381. The van der Waals surface area contributed by atoms with Gasteiger partial charge in [0.15, 0.2) is 4.34 Å². The van der Waals surface area contributed by atoms with Gasteiger partial charge in [0.1, 0.15) is 5.75 Å². The zero-order valence-electron chi connectivity index (χ0n) is 24.7. The number of carbonyl (C=O) groups excluding carboxylic acids is 2. The Kier molecular flexibility index (Phi) is 12.7. The maximum atomic E-state index is 14.0. The molecule has 240 valence electrons. The van der Waals surface area contributed by atoms with Gasteiger partial charge in [0.25, 0.3) is 5.91 Å². The molecule has 1 aromatic heterocycles. The van der Waals surface area contributed by atoms with E-state index in [1.807, 2.05) is 12.1 Å². The topological polar surface area (TPSA) is 97.8 Å². The van der Waals surface area contributed by atoms with Crippen molar-refractivity contribution in [2.45, 2.75) is 36.2 Å². The van der Waals surface area contributed by atoms with Crippen molar-refractivity contribution in [1.29, 1.82) is 0 Å². The second-order valence-corrected chi connectivity index (χ2v) is 12.2. The second kappa shape index (κ2) is 16.8. The van der Waals surface area contributed by atoms with E-state index >= 15 is 0 Å². The van der Waals surface area contributed by atoms with Crippen LogP contribution in [0.5, 0.6) is 5.75 Å². The number of thioether (sulfide) groups is 1. The third kappa shape index (κ3) is 10.4. The van der Waals surface area contributed by atoms with Gasteiger partial charge < -0.3 is 19.9 Å². The van der Waals surface area contributed by atoms with Gasteiger partial charge in [0.05, 0.1) is 34.7 Å². The molecule has 2 N–H and O–H groups in total. The highest BCUT2D eigenvalue weighted by Gasteiger charge is 2.34. The number of amides is 1. The summed E-state index contributed by atoms with van der Waals surface area (Å²) in [5, 5.41) is 11.3. The fourth-order valence-electron chi connectivity index (χ4n) is 4.05. The van der Waals surface area contributed by atoms with Gasteiger partial charge >= 0.3 is 12.1 Å². The molecule has 3 aromatic carbocycles. The van der Waals surface area contributed by atoms with Crippen LogP contribution in [0.4, 0.5) is 18.9 Å². The molecule has 7 nitrogen and oxygen atoms in total. The van der Waals surface area contributed by atoms with E-state index in [0.717, 1.165) is 45.3 Å². The van der Waals surface area contributed by atoms with Crippen LogP contribution < -0.4 is 10.1 Å². The van der Waals surface area contributed by atoms with Crippen LogP contribution >= 0.6 is 23.1 Å². The molecule has 0 aliphatic rings. The molecule has 1 amide bonds. The van der Waals surface area contributed by atoms with E-state index in [4.69, 9.17) is 14.6 Å². The summed E-state index contributed by atoms with van der Waals surface area (Å²) in [6.45, 7) is 4.09. The van der Waals surface area contributed by atoms with Crippen molar-refractivity contribution in [1.82, 2.24) is 4.98 Å². The predicted molar refractivity (Wildman–Crippen MR) is 174 cm³/mol. The van der Waals surface area contributed by atoms with Gasteiger partial charge in [-0.1, -0.05) is 30.2 Å². The number of unbranched alkanes of at least 4 members (excludes halogenated alkanes) is 2. The molecule has 4 aromatic rings. The lowest BCUT2D eigenvalue weighted by molar-refractivity contribution is -0.138. The molecular weight excluding hydrogens is 638 g/mol. The zero-order valence-corrected chi connectivity index (χ0v) is 26.3. The Morgan fingerprint density at radius 1 is 0.978 bits per heavy atom. The first-order valence-electron chi connectivity index (χ1n) is 14.4. The second-order valence-electron chi connectivity index (χ2n) is 9.86. The lowest BCUT2D eigenvalue weighted by Gasteiger charge is -2.14. The Hall–Kier alpha value is -4.31. The summed E-state index contributed by atoms with van der Waals surface area (Å²) in [6, 6.07) is 15.0. The molecule has 0 radical (unpaired) electrons. The van der Waals surface area contributed by atoms with Crippen LogP contribution in [-0.2, 0) is 15.7 Å². The van der Waals surface area contributed by atoms with Gasteiger partial charge in [-0.3, -0.25) is 4.79 Å². The fraction of sp³-hybridized carbons (Fsp3) is 0.265. The number of hydrogen-bond acceptors (Lipinski definition) is 8. The third-order valence-corrected chi connectivity index (χ3v) is 8.65. The van der Waals surface area contributed by atoms with Crippen LogP contribution in [0.25, 0.3) is 10.2 Å². The molecule has 1 heterocycles. The summed E-state index contributed by atoms with van der Waals surface area (Å²) in [7, 11) is 0. The Balaban J connectivity index is 1.38. The van der Waals surface area contributed by atoms with Gasteiger partial charge in [0, 0.05) is 35.1 Å². The number of nitrogens with zero attached hydrogens (tertiary/aromatic N) is 1. The number of aliphatic hydroxyl groups is 1. The first kappa shape index (κ1) is 34.6. The number of halogens is 3. The lowest BCUT2D eigenvalue weighted by atomic mass is 10.1. The molecule has 0 saturated heterocycles. The molecule has 0 aliphatic heterocycles. The average Bonchev–Trinajstić information content (AvgIpc) is 3.46. The van der Waals surface area contributed by atoms with E-state index in [1.54, 1.807) is 30.0 Å². The van der Waals surface area contributed by atoms with Gasteiger partial charge in [-0.25, -0.2) is 9.78 Å². The first-order chi connectivity index (χ1) is 22.2. The summed E-state index contributed by atoms with van der Waals surface area (Å²) >= 11 is 3.14. The normalized spacial score (nSPS) is 11.0. The maximum absolute atomic E-state index is 14.0. The largest absolute Gasteiger partial charge is 0.494 e. The van der Waals surface area contributed by atoms with Crippen molar-refractivity contribution >= 4 is 50.9 Å². The van der Waals surface area contributed by atoms with Crippen LogP contribution in [0.1, 0.15) is 52.7 Å². The van der Waals surface area contributed by atoms with Gasteiger partial charge in [-0.15, -0.1) is 11.3 Å². The van der Waals surface area contributed by atoms with E-state index in [1.165, 1.54) is 35.6 Å². The number of rotatable bonds is 14. The molecule has 0 fully saturated rings. The summed E-state index contributed by atoms with van der Waals surface area (Å²) in [5.74, 6) is 5.88. The highest BCUT2D eigenvalue weighted by atomic mass is 32.2. The zero-order chi connectivity index (χ0) is 32.9. The summed E-state index contributed by atoms with van der Waals surface area (Å²) < 4.78 is 54.3. The molecular formula is C34H31F3N2O5S2. The van der Waals surface area contributed by atoms with E-state index < -0.39 is 23.6 Å². The maximum Gasteiger partial charge on any atom is 0.418 e. The first-order valence-corrected chi connectivity index (χ1v) is 16.2. The minimum absolute atomic E-state index is 0.148. The monoisotopic (exact) mass is 668 g/mol. The average molecular weight is 669 g/mol. The summed E-state index contributed by atoms with van der Waals surface area (Å²) in [4.78, 5) is 28.4. The van der Waals surface area contributed by atoms with E-state index in [2.05, 4.69) is 28.7 Å². The number of ether oxygens (including phenoxy) is 2. The summed E-state index contributed by atoms with van der Waals surface area (Å²) in [6.07, 6.45) is -0.778. The quantitative estimate of drug-likeness (QED) is 0.0467. The molecule has 4 rings (SSSR count). The minimum atomic E-state index is -4.73. The number of esters is 1. The highest BCUT2D eigenvalue weighted by molar-refractivity contribution is 8.01. The Labute approximate surface area is 272 Å². The van der Waals surface area contributed by atoms with Crippen LogP contribution in [-0.4, -0.2) is 47.5 Å². The molecule has 0 spiro atoms. The van der Waals surface area contributed by atoms with Crippen molar-refractivity contribution in [3.63, 3.8) is 0 Å². The number of hydrogen-bond donors (Lipinski definition) is 2. The van der Waals surface area contributed by atoms with Crippen molar-refractivity contribution in [3.8, 4) is 17.6 Å². The van der Waals surface area contributed by atoms with Crippen molar-refractivity contribution < 1.29 is 37.3 Å². The number of fused-ring (bicyclic) bond motifs is 1. The molecule has 0 aliphatic carbocycles. The van der Waals surface area contributed by atoms with Crippen LogP contribution in [0.3, 0.4) is 0 Å². The smallest absolute Gasteiger partial charge is 0.418 e. The SMILES string of the molecule is C=CC(=O)OCCCCOc1ccc(C(=O)Nc2ccc(C#Cc3ccc4nc(SCCCCO)sc4c3)cc2C(F)(F)F)cc1. The number of anilines is 1. The number of benzene rings is 3. The number of aliphatic hydroxyl groups excluding tert-OH is 1. The molecule has 0 atom stereocenters. The number of nitrogens with one attached hydrogen (secondary N) is 1. The third-order valence-electron chi connectivity index (χ3n) is 6.41. The van der Waals surface area contributed by atoms with Crippen LogP contribution in [0.2, 0.25) is 0 Å². The Bertz CT molecular complexity index is 1730. The van der Waals surface area contributed by atoms with E-state index in [-0.39, 0.29) is 30.0 Å². The Morgan fingerprint density at radius 3 is 2.41 bits per heavy atom. The standard InChI is InChI=1S/C34H31F3N2O5S2/c1-2-31(41)44-19-5-4-18-43-26-13-11-25(12-14-26)32(42)38-28-15-9-23(21-27(28)34(35,36)37)7-8-24-10-16-29-30(22-24)46-33(39-29)45-20-6-3-17-40/h2,9-16,21-22,40H,1,3-6,17-20H2,(H,38,42). The fourth-order valence-corrected chi connectivity index (χ4v) is 6.23. The minimum Gasteiger partial charge on any atom is -0.494 e. The van der Waals surface area contributed by atoms with Crippen molar-refractivity contribution in [2.75, 3.05) is 30.9 Å². The number of thiazole rings is 1. The molecule has 0 unspecified atom stereocenters. The van der Waals surface area contributed by atoms with Gasteiger partial charge in [-0.05, 0) is 86.3 Å². The van der Waals surface area contributed by atoms with Crippen molar-refractivity contribution in [3.05, 3.63) is 95.6 Å². The predicted octanol–water partition coefficient (Wildman–Crippen LogP) is 7.72. The molecule has 0 saturated carbocycles. The molecule has 0 bridgehead atoms. The van der Waals surface area contributed by atoms with Crippen LogP contribution in [0.15, 0.2) is 77.7 Å². The number of alkyl halides is 3.